The zero-order valence-electron chi connectivity index (χ0n) is 14.1. The van der Waals surface area contributed by atoms with Gasteiger partial charge in [-0.2, -0.15) is 0 Å². The van der Waals surface area contributed by atoms with Crippen molar-refractivity contribution in [3.05, 3.63) is 0 Å². The van der Waals surface area contributed by atoms with Gasteiger partial charge in [-0.05, 0) is 45.6 Å². The first kappa shape index (κ1) is 20.7. The summed E-state index contributed by atoms with van der Waals surface area (Å²) in [6.45, 7) is 6.63. The van der Waals surface area contributed by atoms with Crippen LogP contribution in [0, 0.1) is 5.41 Å². The molecule has 0 aromatic heterocycles. The van der Waals surface area contributed by atoms with Crippen LogP contribution in [0.1, 0.15) is 46.0 Å². The molecule has 0 aliphatic carbocycles. The van der Waals surface area contributed by atoms with E-state index >= 15 is 0 Å². The molecule has 0 bridgehead atoms. The number of carbonyl (C=O) groups is 1. The van der Waals surface area contributed by atoms with Crippen LogP contribution >= 0.6 is 12.4 Å². The maximum atomic E-state index is 12.5. The largest absolute Gasteiger partial charge is 0.353 e. The highest BCUT2D eigenvalue weighted by atomic mass is 35.5. The molecule has 0 aromatic rings. The maximum absolute atomic E-state index is 12.5. The van der Waals surface area contributed by atoms with E-state index in [1.807, 2.05) is 13.8 Å². The van der Waals surface area contributed by atoms with Crippen LogP contribution in [0.5, 0.6) is 0 Å². The van der Waals surface area contributed by atoms with Gasteiger partial charge in [-0.1, -0.05) is 6.92 Å². The number of halogens is 1. The Morgan fingerprint density at radius 2 is 2.00 bits per heavy atom. The summed E-state index contributed by atoms with van der Waals surface area (Å²) in [6.07, 6.45) is 3.99. The molecule has 2 N–H and O–H groups in total. The van der Waals surface area contributed by atoms with Crippen molar-refractivity contribution in [2.24, 2.45) is 5.41 Å². The number of piperidine rings is 2. The van der Waals surface area contributed by atoms with Crippen LogP contribution in [0.4, 0.5) is 0 Å². The van der Waals surface area contributed by atoms with E-state index in [-0.39, 0.29) is 35.5 Å². The van der Waals surface area contributed by atoms with Crippen LogP contribution in [0.25, 0.3) is 0 Å². The SMILES string of the molecule is CCCS(=O)(=O)N1CCC(NC(=O)C2(C)CCCNC2)CC1.Cl. The summed E-state index contributed by atoms with van der Waals surface area (Å²) in [5, 5.41) is 6.42. The Morgan fingerprint density at radius 3 is 2.52 bits per heavy atom. The molecule has 8 heteroatoms. The monoisotopic (exact) mass is 367 g/mol. The molecular weight excluding hydrogens is 338 g/mol. The second-order valence-corrected chi connectivity index (χ2v) is 8.89. The van der Waals surface area contributed by atoms with E-state index in [1.165, 1.54) is 0 Å². The van der Waals surface area contributed by atoms with Crippen molar-refractivity contribution < 1.29 is 13.2 Å². The van der Waals surface area contributed by atoms with E-state index in [1.54, 1.807) is 4.31 Å². The molecule has 2 aliphatic heterocycles. The van der Waals surface area contributed by atoms with Crippen LogP contribution in [0.2, 0.25) is 0 Å². The highest BCUT2D eigenvalue weighted by Crippen LogP contribution is 2.26. The van der Waals surface area contributed by atoms with E-state index in [9.17, 15) is 13.2 Å². The molecule has 6 nitrogen and oxygen atoms in total. The van der Waals surface area contributed by atoms with Crippen LogP contribution in [0.15, 0.2) is 0 Å². The Morgan fingerprint density at radius 1 is 1.35 bits per heavy atom. The first-order valence-electron chi connectivity index (χ1n) is 8.37. The molecule has 0 saturated carbocycles. The minimum Gasteiger partial charge on any atom is -0.353 e. The summed E-state index contributed by atoms with van der Waals surface area (Å²) in [7, 11) is -3.11. The molecule has 0 spiro atoms. The van der Waals surface area contributed by atoms with E-state index in [0.29, 0.717) is 32.4 Å². The van der Waals surface area contributed by atoms with Gasteiger partial charge in [-0.25, -0.2) is 12.7 Å². The van der Waals surface area contributed by atoms with Crippen molar-refractivity contribution in [2.75, 3.05) is 31.9 Å². The molecule has 1 atom stereocenters. The highest BCUT2D eigenvalue weighted by Gasteiger charge is 2.36. The lowest BCUT2D eigenvalue weighted by atomic mass is 9.81. The van der Waals surface area contributed by atoms with Gasteiger partial charge in [0.15, 0.2) is 0 Å². The summed E-state index contributed by atoms with van der Waals surface area (Å²) in [5.74, 6) is 0.322. The lowest BCUT2D eigenvalue weighted by Gasteiger charge is -2.36. The normalized spacial score (nSPS) is 27.2. The summed E-state index contributed by atoms with van der Waals surface area (Å²) < 4.78 is 25.7. The average Bonchev–Trinajstić information content (AvgIpc) is 2.48. The Bertz CT molecular complexity index is 484. The Hall–Kier alpha value is -0.370. The molecule has 1 amide bonds. The third-order valence-corrected chi connectivity index (χ3v) is 6.87. The third-order valence-electron chi connectivity index (χ3n) is 4.79. The Kier molecular flexibility index (Phi) is 7.77. The van der Waals surface area contributed by atoms with Crippen molar-refractivity contribution in [3.63, 3.8) is 0 Å². The number of amides is 1. The van der Waals surface area contributed by atoms with E-state index in [4.69, 9.17) is 0 Å². The van der Waals surface area contributed by atoms with Crippen molar-refractivity contribution in [1.29, 1.82) is 0 Å². The minimum absolute atomic E-state index is 0. The van der Waals surface area contributed by atoms with Crippen molar-refractivity contribution in [3.8, 4) is 0 Å². The third kappa shape index (κ3) is 5.31. The smallest absolute Gasteiger partial charge is 0.227 e. The predicted molar refractivity (Wildman–Crippen MR) is 94.3 cm³/mol. The molecule has 23 heavy (non-hydrogen) atoms. The van der Waals surface area contributed by atoms with Crippen LogP contribution in [0.3, 0.4) is 0 Å². The van der Waals surface area contributed by atoms with E-state index < -0.39 is 10.0 Å². The molecule has 2 fully saturated rings. The number of hydrogen-bond acceptors (Lipinski definition) is 4. The van der Waals surface area contributed by atoms with E-state index in [0.717, 1.165) is 25.9 Å². The molecule has 2 aliphatic rings. The fourth-order valence-electron chi connectivity index (χ4n) is 3.28. The summed E-state index contributed by atoms with van der Waals surface area (Å²) in [4.78, 5) is 12.5. The van der Waals surface area contributed by atoms with Crippen molar-refractivity contribution in [2.45, 2.75) is 52.0 Å². The maximum Gasteiger partial charge on any atom is 0.227 e. The molecule has 2 heterocycles. The van der Waals surface area contributed by atoms with Gasteiger partial charge in [0.05, 0.1) is 11.2 Å². The van der Waals surface area contributed by atoms with Gasteiger partial charge in [0.25, 0.3) is 0 Å². The topological polar surface area (TPSA) is 78.5 Å². The fourth-order valence-corrected chi connectivity index (χ4v) is 4.82. The molecule has 1 unspecified atom stereocenters. The summed E-state index contributed by atoms with van der Waals surface area (Å²) in [6, 6.07) is 0.0966. The zero-order valence-corrected chi connectivity index (χ0v) is 15.8. The zero-order chi connectivity index (χ0) is 16.2. The second kappa shape index (κ2) is 8.65. The Labute approximate surface area is 146 Å². The molecule has 0 radical (unpaired) electrons. The second-order valence-electron chi connectivity index (χ2n) is 6.80. The van der Waals surface area contributed by atoms with Crippen LogP contribution in [-0.4, -0.2) is 56.6 Å². The number of carbonyl (C=O) groups excluding carboxylic acids is 1. The van der Waals surface area contributed by atoms with Crippen LogP contribution < -0.4 is 10.6 Å². The highest BCUT2D eigenvalue weighted by molar-refractivity contribution is 7.89. The molecule has 0 aromatic carbocycles. The number of nitrogens with zero attached hydrogens (tertiary/aromatic N) is 1. The van der Waals surface area contributed by atoms with Gasteiger partial charge in [0, 0.05) is 25.7 Å². The predicted octanol–water partition coefficient (Wildman–Crippen LogP) is 1.12. The first-order chi connectivity index (χ1) is 10.4. The quantitative estimate of drug-likeness (QED) is 0.763. The molecular formula is C15H30ClN3O3S. The van der Waals surface area contributed by atoms with Gasteiger partial charge < -0.3 is 10.6 Å². The Balaban J connectivity index is 0.00000264. The van der Waals surface area contributed by atoms with Crippen molar-refractivity contribution >= 4 is 28.3 Å². The molecule has 2 rings (SSSR count). The fraction of sp³-hybridized carbons (Fsp3) is 0.933. The lowest BCUT2D eigenvalue weighted by molar-refractivity contribution is -0.132. The van der Waals surface area contributed by atoms with Gasteiger partial charge in [-0.15, -0.1) is 12.4 Å². The number of rotatable bonds is 5. The minimum atomic E-state index is -3.11. The van der Waals surface area contributed by atoms with Crippen molar-refractivity contribution in [1.82, 2.24) is 14.9 Å². The first-order valence-corrected chi connectivity index (χ1v) is 9.98. The molecule has 2 saturated heterocycles. The van der Waals surface area contributed by atoms with Crippen LogP contribution in [-0.2, 0) is 14.8 Å². The standard InChI is InChI=1S/C15H29N3O3S.ClH/c1-3-11-22(20,21)18-9-5-13(6-10-18)17-14(19)15(2)7-4-8-16-12-15;/h13,16H,3-12H2,1-2H3,(H,17,19);1H. The van der Waals surface area contributed by atoms with Gasteiger partial charge >= 0.3 is 0 Å². The van der Waals surface area contributed by atoms with E-state index in [2.05, 4.69) is 10.6 Å². The number of nitrogens with one attached hydrogen (secondary N) is 2. The van der Waals surface area contributed by atoms with Gasteiger partial charge in [-0.3, -0.25) is 4.79 Å². The number of sulfonamides is 1. The van der Waals surface area contributed by atoms with Gasteiger partial charge in [0.2, 0.25) is 15.9 Å². The lowest BCUT2D eigenvalue weighted by Crippen LogP contribution is -2.53. The summed E-state index contributed by atoms with van der Waals surface area (Å²) in [5.41, 5.74) is -0.330. The average molecular weight is 368 g/mol. The summed E-state index contributed by atoms with van der Waals surface area (Å²) >= 11 is 0. The molecule has 136 valence electrons. The number of hydrogen-bond donors (Lipinski definition) is 2. The van der Waals surface area contributed by atoms with Gasteiger partial charge in [0.1, 0.15) is 0 Å².